The van der Waals surface area contributed by atoms with Crippen LogP contribution in [0.3, 0.4) is 0 Å². The first kappa shape index (κ1) is 23.4. The molecule has 0 bridgehead atoms. The average Bonchev–Trinajstić information content (AvgIpc) is 3.67. The predicted molar refractivity (Wildman–Crippen MR) is 119 cm³/mol. The number of hydrogen-bond donors (Lipinski definition) is 1. The molecule has 7 nitrogen and oxygen atoms in total. The number of aliphatic carboxylic acids is 1. The van der Waals surface area contributed by atoms with Gasteiger partial charge in [-0.05, 0) is 67.9 Å². The van der Waals surface area contributed by atoms with Crippen molar-refractivity contribution in [2.45, 2.75) is 56.5 Å². The third-order valence-electron chi connectivity index (χ3n) is 7.07. The highest BCUT2D eigenvalue weighted by Crippen LogP contribution is 2.45. The predicted octanol–water partition coefficient (Wildman–Crippen LogP) is 4.70. The molecule has 8 heteroatoms. The molecule has 2 aliphatic carbocycles. The fraction of sp³-hybridized carbons (Fsp3) is 0.560. The lowest BCUT2D eigenvalue weighted by Crippen LogP contribution is -2.36. The summed E-state index contributed by atoms with van der Waals surface area (Å²) in [5.74, 6) is 0.465. The lowest BCUT2D eigenvalue weighted by molar-refractivity contribution is -0.137. The highest BCUT2D eigenvalue weighted by atomic mass is 19.1. The first-order valence-electron chi connectivity index (χ1n) is 11.5. The van der Waals surface area contributed by atoms with E-state index in [2.05, 4.69) is 9.97 Å². The lowest BCUT2D eigenvalue weighted by Gasteiger charge is -2.39. The van der Waals surface area contributed by atoms with Gasteiger partial charge in [0.05, 0.1) is 31.9 Å². The first-order chi connectivity index (χ1) is 15.9. The van der Waals surface area contributed by atoms with Crippen molar-refractivity contribution in [1.82, 2.24) is 9.97 Å². The SMILES string of the molecule is COc1cc(C2(OC)CCC(COc3cc([C@@H](CC(=O)O)C4CC4)ccn3)CC2)c(F)cn1. The molecule has 0 unspecified atom stereocenters. The van der Waals surface area contributed by atoms with Gasteiger partial charge in [0.25, 0.3) is 0 Å². The molecule has 0 saturated heterocycles. The molecule has 1 N–H and O–H groups in total. The van der Waals surface area contributed by atoms with Crippen LogP contribution in [-0.4, -0.2) is 41.9 Å². The minimum Gasteiger partial charge on any atom is -0.481 e. The summed E-state index contributed by atoms with van der Waals surface area (Å²) in [5, 5.41) is 9.27. The van der Waals surface area contributed by atoms with Crippen LogP contribution >= 0.6 is 0 Å². The van der Waals surface area contributed by atoms with Crippen LogP contribution in [0.2, 0.25) is 0 Å². The van der Waals surface area contributed by atoms with Crippen LogP contribution in [0.4, 0.5) is 4.39 Å². The lowest BCUT2D eigenvalue weighted by atomic mass is 9.75. The molecular weight excluding hydrogens is 427 g/mol. The van der Waals surface area contributed by atoms with E-state index >= 15 is 0 Å². The smallest absolute Gasteiger partial charge is 0.303 e. The molecule has 4 rings (SSSR count). The summed E-state index contributed by atoms with van der Waals surface area (Å²) in [6.45, 7) is 0.505. The topological polar surface area (TPSA) is 90.8 Å². The van der Waals surface area contributed by atoms with Gasteiger partial charge in [-0.15, -0.1) is 0 Å². The number of pyridine rings is 2. The molecule has 0 aliphatic heterocycles. The maximum absolute atomic E-state index is 14.6. The highest BCUT2D eigenvalue weighted by Gasteiger charge is 2.40. The van der Waals surface area contributed by atoms with Gasteiger partial charge in [-0.2, -0.15) is 0 Å². The summed E-state index contributed by atoms with van der Waals surface area (Å²) < 4.78 is 31.6. The maximum Gasteiger partial charge on any atom is 0.303 e. The van der Waals surface area contributed by atoms with Gasteiger partial charge in [0.15, 0.2) is 0 Å². The van der Waals surface area contributed by atoms with Crippen molar-refractivity contribution in [2.24, 2.45) is 11.8 Å². The van der Waals surface area contributed by atoms with E-state index in [0.29, 0.717) is 48.6 Å². The van der Waals surface area contributed by atoms with Crippen LogP contribution in [0.25, 0.3) is 0 Å². The van der Waals surface area contributed by atoms with E-state index in [9.17, 15) is 14.3 Å². The molecule has 178 valence electrons. The summed E-state index contributed by atoms with van der Waals surface area (Å²) in [4.78, 5) is 19.5. The summed E-state index contributed by atoms with van der Waals surface area (Å²) in [6.07, 6.45) is 8.12. The zero-order valence-electron chi connectivity index (χ0n) is 19.1. The van der Waals surface area contributed by atoms with Crippen molar-refractivity contribution >= 4 is 5.97 Å². The molecule has 2 aromatic heterocycles. The number of halogens is 1. The second kappa shape index (κ2) is 10.0. The number of methoxy groups -OCH3 is 2. The highest BCUT2D eigenvalue weighted by molar-refractivity contribution is 5.68. The Hall–Kier alpha value is -2.74. The van der Waals surface area contributed by atoms with Gasteiger partial charge in [0, 0.05) is 31.0 Å². The Kier molecular flexibility index (Phi) is 7.12. The number of carbonyl (C=O) groups is 1. The van der Waals surface area contributed by atoms with Gasteiger partial charge in [-0.3, -0.25) is 4.79 Å². The third-order valence-corrected chi connectivity index (χ3v) is 7.07. The summed E-state index contributed by atoms with van der Waals surface area (Å²) in [6, 6.07) is 5.40. The first-order valence-corrected chi connectivity index (χ1v) is 11.5. The Bertz CT molecular complexity index is 973. The molecule has 1 atom stereocenters. The van der Waals surface area contributed by atoms with Gasteiger partial charge in [-0.25, -0.2) is 14.4 Å². The van der Waals surface area contributed by atoms with Gasteiger partial charge in [0.2, 0.25) is 11.8 Å². The fourth-order valence-electron chi connectivity index (χ4n) is 4.96. The minimum absolute atomic E-state index is 0.0112. The van der Waals surface area contributed by atoms with Gasteiger partial charge < -0.3 is 19.3 Å². The van der Waals surface area contributed by atoms with E-state index in [4.69, 9.17) is 14.2 Å². The van der Waals surface area contributed by atoms with Crippen molar-refractivity contribution in [1.29, 1.82) is 0 Å². The van der Waals surface area contributed by atoms with Crippen molar-refractivity contribution in [3.63, 3.8) is 0 Å². The Morgan fingerprint density at radius 3 is 2.58 bits per heavy atom. The number of carboxylic acid groups (broad SMARTS) is 1. The van der Waals surface area contributed by atoms with E-state index in [1.165, 1.54) is 13.3 Å². The Morgan fingerprint density at radius 1 is 1.18 bits per heavy atom. The molecule has 33 heavy (non-hydrogen) atoms. The van der Waals surface area contributed by atoms with E-state index in [1.807, 2.05) is 12.1 Å². The number of carboxylic acids is 1. The van der Waals surface area contributed by atoms with E-state index < -0.39 is 11.6 Å². The van der Waals surface area contributed by atoms with Crippen molar-refractivity contribution in [2.75, 3.05) is 20.8 Å². The number of rotatable bonds is 10. The molecule has 2 aliphatic rings. The normalized spacial score (nSPS) is 23.7. The zero-order chi connectivity index (χ0) is 23.4. The van der Waals surface area contributed by atoms with Crippen LogP contribution in [0.15, 0.2) is 30.6 Å². The van der Waals surface area contributed by atoms with Crippen LogP contribution in [0.5, 0.6) is 11.8 Å². The van der Waals surface area contributed by atoms with Gasteiger partial charge in [-0.1, -0.05) is 0 Å². The largest absolute Gasteiger partial charge is 0.481 e. The molecular formula is C25H31FN2O5. The van der Waals surface area contributed by atoms with E-state index in [-0.39, 0.29) is 18.2 Å². The second-order valence-corrected chi connectivity index (χ2v) is 9.13. The molecule has 0 aromatic carbocycles. The van der Waals surface area contributed by atoms with E-state index in [1.54, 1.807) is 19.4 Å². The Balaban J connectivity index is 1.37. The maximum atomic E-state index is 14.6. The average molecular weight is 459 g/mol. The fourth-order valence-corrected chi connectivity index (χ4v) is 4.96. The van der Waals surface area contributed by atoms with E-state index in [0.717, 1.165) is 31.2 Å². The van der Waals surface area contributed by atoms with Gasteiger partial charge >= 0.3 is 5.97 Å². The van der Waals surface area contributed by atoms with Crippen molar-refractivity contribution < 1.29 is 28.5 Å². The monoisotopic (exact) mass is 458 g/mol. The standard InChI is InChI=1S/C25H31FN2O5/c1-31-22-13-20(21(26)14-28-22)25(32-2)8-5-16(6-9-25)15-33-23-11-18(7-10-27-23)19(12-24(29)30)17-3-4-17/h7,10-11,13-14,16-17,19H,3-6,8-9,12,15H2,1-2H3,(H,29,30)/t16?,19-,25?/m0/s1. The molecule has 0 spiro atoms. The number of hydrogen-bond acceptors (Lipinski definition) is 6. The molecule has 2 saturated carbocycles. The molecule has 2 heterocycles. The molecule has 2 aromatic rings. The molecule has 0 amide bonds. The van der Waals surface area contributed by atoms with Crippen LogP contribution < -0.4 is 9.47 Å². The van der Waals surface area contributed by atoms with Gasteiger partial charge in [0.1, 0.15) is 5.82 Å². The van der Waals surface area contributed by atoms with Crippen molar-refractivity contribution in [3.05, 3.63) is 47.5 Å². The summed E-state index contributed by atoms with van der Waals surface area (Å²) >= 11 is 0. The summed E-state index contributed by atoms with van der Waals surface area (Å²) in [7, 11) is 3.13. The van der Waals surface area contributed by atoms with Crippen LogP contribution in [0, 0.1) is 17.7 Å². The van der Waals surface area contributed by atoms with Crippen molar-refractivity contribution in [3.8, 4) is 11.8 Å². The summed E-state index contributed by atoms with van der Waals surface area (Å²) in [5.41, 5.74) is 0.757. The minimum atomic E-state index is -0.779. The molecule has 0 radical (unpaired) electrons. The Morgan fingerprint density at radius 2 is 1.94 bits per heavy atom. The zero-order valence-corrected chi connectivity index (χ0v) is 19.1. The van der Waals surface area contributed by atoms with Crippen LogP contribution in [-0.2, 0) is 15.1 Å². The number of nitrogens with zero attached hydrogens (tertiary/aromatic N) is 2. The Labute approximate surface area is 193 Å². The second-order valence-electron chi connectivity index (χ2n) is 9.13. The molecule has 2 fully saturated rings. The number of ether oxygens (including phenoxy) is 3. The third kappa shape index (κ3) is 5.43. The quantitative estimate of drug-likeness (QED) is 0.552. The van der Waals surface area contributed by atoms with Crippen LogP contribution in [0.1, 0.15) is 62.0 Å². The number of aromatic nitrogens is 2.